The van der Waals surface area contributed by atoms with Crippen LogP contribution in [0.3, 0.4) is 0 Å². The van der Waals surface area contributed by atoms with Gasteiger partial charge in [0.05, 0.1) is 5.92 Å². The van der Waals surface area contributed by atoms with Gasteiger partial charge >= 0.3 is 5.97 Å². The van der Waals surface area contributed by atoms with E-state index in [1.165, 1.54) is 25.8 Å². The molecule has 4 heteroatoms. The zero-order valence-electron chi connectivity index (χ0n) is 11.8. The van der Waals surface area contributed by atoms with E-state index in [4.69, 9.17) is 5.11 Å². The van der Waals surface area contributed by atoms with Crippen LogP contribution in [0.25, 0.3) is 0 Å². The van der Waals surface area contributed by atoms with Crippen molar-refractivity contribution in [1.82, 2.24) is 9.80 Å². The highest BCUT2D eigenvalue weighted by Gasteiger charge is 2.37. The van der Waals surface area contributed by atoms with E-state index < -0.39 is 5.97 Å². The molecule has 0 spiro atoms. The smallest absolute Gasteiger partial charge is 0.307 e. The van der Waals surface area contributed by atoms with Gasteiger partial charge in [-0.05, 0) is 33.2 Å². The minimum Gasteiger partial charge on any atom is -0.481 e. The van der Waals surface area contributed by atoms with Gasteiger partial charge in [0.1, 0.15) is 0 Å². The fraction of sp³-hybridized carbons (Fsp3) is 0.929. The summed E-state index contributed by atoms with van der Waals surface area (Å²) in [7, 11) is 0. The van der Waals surface area contributed by atoms with Crippen LogP contribution >= 0.6 is 0 Å². The van der Waals surface area contributed by atoms with Gasteiger partial charge in [-0.15, -0.1) is 0 Å². The number of fused-ring (bicyclic) bond motifs is 1. The molecule has 0 amide bonds. The first-order valence-corrected chi connectivity index (χ1v) is 7.23. The Morgan fingerprint density at radius 3 is 2.67 bits per heavy atom. The summed E-state index contributed by atoms with van der Waals surface area (Å²) in [5.41, 5.74) is 0. The number of rotatable bonds is 3. The second-order valence-corrected chi connectivity index (χ2v) is 6.06. The lowest BCUT2D eigenvalue weighted by Crippen LogP contribution is -2.61. The molecule has 0 saturated carbocycles. The van der Waals surface area contributed by atoms with Crippen LogP contribution in [-0.2, 0) is 4.79 Å². The number of aliphatic carboxylic acids is 1. The Kier molecular flexibility index (Phi) is 4.28. The molecule has 0 bridgehead atoms. The average Bonchev–Trinajstić information content (AvgIpc) is 2.36. The summed E-state index contributed by atoms with van der Waals surface area (Å²) in [5.74, 6) is -0.969. The molecular formula is C14H26N2O2. The molecule has 2 saturated heterocycles. The predicted molar refractivity (Wildman–Crippen MR) is 71.6 cm³/mol. The van der Waals surface area contributed by atoms with E-state index in [0.29, 0.717) is 12.1 Å². The lowest BCUT2D eigenvalue weighted by molar-refractivity contribution is -0.144. The molecule has 4 atom stereocenters. The van der Waals surface area contributed by atoms with E-state index in [0.717, 1.165) is 13.1 Å². The van der Waals surface area contributed by atoms with E-state index in [1.807, 2.05) is 6.92 Å². The highest BCUT2D eigenvalue weighted by atomic mass is 16.4. The van der Waals surface area contributed by atoms with Crippen molar-refractivity contribution < 1.29 is 9.90 Å². The van der Waals surface area contributed by atoms with Gasteiger partial charge in [0, 0.05) is 31.2 Å². The number of carboxylic acids is 1. The summed E-state index contributed by atoms with van der Waals surface area (Å²) in [6.07, 6.45) is 3.92. The number of nitrogens with zero attached hydrogens (tertiary/aromatic N) is 2. The lowest BCUT2D eigenvalue weighted by Gasteiger charge is -2.50. The molecule has 4 unspecified atom stereocenters. The first kappa shape index (κ1) is 13.8. The highest BCUT2D eigenvalue weighted by molar-refractivity contribution is 5.70. The lowest BCUT2D eigenvalue weighted by atomic mass is 9.93. The van der Waals surface area contributed by atoms with E-state index in [1.54, 1.807) is 0 Å². The second kappa shape index (κ2) is 5.57. The molecule has 2 aliphatic rings. The van der Waals surface area contributed by atoms with Crippen molar-refractivity contribution in [1.29, 1.82) is 0 Å². The molecule has 0 aromatic rings. The SMILES string of the molecule is CC(C(=O)O)C(C)N1CC2CCCCN2CC1C. The topological polar surface area (TPSA) is 43.8 Å². The number of carbonyl (C=O) groups is 1. The zero-order valence-corrected chi connectivity index (χ0v) is 11.8. The molecule has 0 radical (unpaired) electrons. The summed E-state index contributed by atoms with van der Waals surface area (Å²) in [6.45, 7) is 9.49. The fourth-order valence-electron chi connectivity index (χ4n) is 3.44. The zero-order chi connectivity index (χ0) is 13.3. The predicted octanol–water partition coefficient (Wildman–Crippen LogP) is 1.65. The van der Waals surface area contributed by atoms with E-state index in [9.17, 15) is 4.79 Å². The number of piperidine rings is 1. The Morgan fingerprint density at radius 1 is 1.28 bits per heavy atom. The van der Waals surface area contributed by atoms with Crippen LogP contribution in [0.4, 0.5) is 0 Å². The van der Waals surface area contributed by atoms with Gasteiger partial charge in [0.2, 0.25) is 0 Å². The molecule has 0 aromatic heterocycles. The van der Waals surface area contributed by atoms with E-state index >= 15 is 0 Å². The summed E-state index contributed by atoms with van der Waals surface area (Å²) in [5, 5.41) is 9.16. The van der Waals surface area contributed by atoms with Crippen LogP contribution < -0.4 is 0 Å². The van der Waals surface area contributed by atoms with Gasteiger partial charge in [-0.1, -0.05) is 13.3 Å². The van der Waals surface area contributed by atoms with Crippen molar-refractivity contribution in [3.05, 3.63) is 0 Å². The molecule has 18 heavy (non-hydrogen) atoms. The van der Waals surface area contributed by atoms with Crippen LogP contribution in [-0.4, -0.2) is 58.6 Å². The number of hydrogen-bond acceptors (Lipinski definition) is 3. The van der Waals surface area contributed by atoms with Crippen molar-refractivity contribution in [2.45, 2.75) is 58.2 Å². The second-order valence-electron chi connectivity index (χ2n) is 6.06. The minimum atomic E-state index is -0.680. The quantitative estimate of drug-likeness (QED) is 0.832. The van der Waals surface area contributed by atoms with Crippen LogP contribution in [0, 0.1) is 5.92 Å². The summed E-state index contributed by atoms with van der Waals surface area (Å²) >= 11 is 0. The molecule has 4 nitrogen and oxygen atoms in total. The Labute approximate surface area is 110 Å². The minimum absolute atomic E-state index is 0.126. The van der Waals surface area contributed by atoms with Crippen molar-refractivity contribution in [2.75, 3.05) is 19.6 Å². The number of piperazine rings is 1. The van der Waals surface area contributed by atoms with Crippen molar-refractivity contribution in [2.24, 2.45) is 5.92 Å². The fourth-order valence-corrected chi connectivity index (χ4v) is 3.44. The van der Waals surface area contributed by atoms with Gasteiger partial charge in [-0.3, -0.25) is 14.6 Å². The highest BCUT2D eigenvalue weighted by Crippen LogP contribution is 2.27. The van der Waals surface area contributed by atoms with Crippen molar-refractivity contribution in [3.8, 4) is 0 Å². The Bertz CT molecular complexity index is 308. The number of carboxylic acid groups (broad SMARTS) is 1. The standard InChI is InChI=1S/C14H26N2O2/c1-10-8-15-7-5-4-6-13(15)9-16(10)12(3)11(2)14(17)18/h10-13H,4-9H2,1-3H3,(H,17,18). The molecule has 2 aliphatic heterocycles. The molecule has 2 fully saturated rings. The third-order valence-corrected chi connectivity index (χ3v) is 4.87. The normalized spacial score (nSPS) is 33.7. The molecule has 0 aliphatic carbocycles. The summed E-state index contributed by atoms with van der Waals surface area (Å²) < 4.78 is 0. The summed E-state index contributed by atoms with van der Waals surface area (Å²) in [4.78, 5) is 16.1. The van der Waals surface area contributed by atoms with Gasteiger partial charge in [0.25, 0.3) is 0 Å². The third-order valence-electron chi connectivity index (χ3n) is 4.87. The monoisotopic (exact) mass is 254 g/mol. The molecular weight excluding hydrogens is 228 g/mol. The van der Waals surface area contributed by atoms with Gasteiger partial charge < -0.3 is 5.11 Å². The molecule has 2 heterocycles. The largest absolute Gasteiger partial charge is 0.481 e. The van der Waals surface area contributed by atoms with Gasteiger partial charge in [-0.25, -0.2) is 0 Å². The van der Waals surface area contributed by atoms with E-state index in [2.05, 4.69) is 23.6 Å². The first-order valence-electron chi connectivity index (χ1n) is 7.23. The molecule has 0 aromatic carbocycles. The van der Waals surface area contributed by atoms with Gasteiger partial charge in [-0.2, -0.15) is 0 Å². The van der Waals surface area contributed by atoms with Gasteiger partial charge in [0.15, 0.2) is 0 Å². The number of hydrogen-bond donors (Lipinski definition) is 1. The molecule has 104 valence electrons. The maximum absolute atomic E-state index is 11.1. The molecule has 2 rings (SSSR count). The van der Waals surface area contributed by atoms with Crippen LogP contribution in [0.15, 0.2) is 0 Å². The maximum atomic E-state index is 11.1. The Morgan fingerprint density at radius 2 is 2.00 bits per heavy atom. The molecule has 1 N–H and O–H groups in total. The van der Waals surface area contributed by atoms with Crippen molar-refractivity contribution in [3.63, 3.8) is 0 Å². The average molecular weight is 254 g/mol. The van der Waals surface area contributed by atoms with Crippen LogP contribution in [0.2, 0.25) is 0 Å². The first-order chi connectivity index (χ1) is 8.50. The Hall–Kier alpha value is -0.610. The third kappa shape index (κ3) is 2.69. The van der Waals surface area contributed by atoms with E-state index in [-0.39, 0.29) is 12.0 Å². The van der Waals surface area contributed by atoms with Crippen LogP contribution in [0.1, 0.15) is 40.0 Å². The van der Waals surface area contributed by atoms with Crippen LogP contribution in [0.5, 0.6) is 0 Å². The Balaban J connectivity index is 2.02. The van der Waals surface area contributed by atoms with Crippen molar-refractivity contribution >= 4 is 5.97 Å². The summed E-state index contributed by atoms with van der Waals surface area (Å²) in [6, 6.07) is 1.25. The maximum Gasteiger partial charge on any atom is 0.307 e.